The predicted molar refractivity (Wildman–Crippen MR) is 49.2 cm³/mol. The number of morpholine rings is 1. The van der Waals surface area contributed by atoms with Crippen LogP contribution < -0.4 is 0 Å². The summed E-state index contributed by atoms with van der Waals surface area (Å²) in [6.45, 7) is 3.47. The normalized spacial score (nSPS) is 14.8. The summed E-state index contributed by atoms with van der Waals surface area (Å²) in [6, 6.07) is 12.5. The first kappa shape index (κ1) is 12.8. The first-order valence-electron chi connectivity index (χ1n) is 4.12. The van der Waals surface area contributed by atoms with Crippen LogP contribution in [0.15, 0.2) is 30.3 Å². The van der Waals surface area contributed by atoms with Gasteiger partial charge in [-0.3, -0.25) is 0 Å². The zero-order valence-corrected chi connectivity index (χ0v) is 9.16. The monoisotopic (exact) mass is 265 g/mol. The molecule has 1 aromatic rings. The van der Waals surface area contributed by atoms with E-state index in [1.807, 2.05) is 30.3 Å². The minimum absolute atomic E-state index is 0. The molecule has 1 aliphatic heterocycles. The van der Waals surface area contributed by atoms with Gasteiger partial charge in [0.1, 0.15) is 0 Å². The van der Waals surface area contributed by atoms with Crippen LogP contribution in [0.3, 0.4) is 0 Å². The van der Waals surface area contributed by atoms with Gasteiger partial charge in [0.15, 0.2) is 0 Å². The van der Waals surface area contributed by atoms with Crippen molar-refractivity contribution in [3.8, 4) is 0 Å². The van der Waals surface area contributed by atoms with Crippen LogP contribution in [0.5, 0.6) is 0 Å². The summed E-state index contributed by atoms with van der Waals surface area (Å²) < 4.78 is 4.98. The molecule has 0 amide bonds. The summed E-state index contributed by atoms with van der Waals surface area (Å²) in [5.41, 5.74) is 0. The average molecular weight is 264 g/mol. The summed E-state index contributed by atoms with van der Waals surface area (Å²) in [7, 11) is 0. The standard InChI is InChI=1S/C6H5.C4H8NO.Ru/c1-2-4-6-5-3-1;1-3-6-4-2-5-1;/h1-5H;1-4H2;/q2*-1;+2. The molecule has 0 aliphatic carbocycles. The molecule has 1 aromatic carbocycles. The van der Waals surface area contributed by atoms with Gasteiger partial charge in [0.25, 0.3) is 0 Å². The molecule has 13 heavy (non-hydrogen) atoms. The molecule has 0 radical (unpaired) electrons. The Labute approximate surface area is 92.4 Å². The maximum absolute atomic E-state index is 4.98. The second-order valence-electron chi connectivity index (χ2n) is 2.36. The summed E-state index contributed by atoms with van der Waals surface area (Å²) in [5, 5.41) is 4.05. The maximum Gasteiger partial charge on any atom is 2.00 e. The number of hydrogen-bond donors (Lipinski definition) is 0. The van der Waals surface area contributed by atoms with Crippen molar-refractivity contribution in [1.82, 2.24) is 0 Å². The average Bonchev–Trinajstić information content (AvgIpc) is 2.24. The van der Waals surface area contributed by atoms with Crippen molar-refractivity contribution in [2.45, 2.75) is 0 Å². The van der Waals surface area contributed by atoms with Gasteiger partial charge < -0.3 is 10.1 Å². The van der Waals surface area contributed by atoms with Crippen LogP contribution in [0, 0.1) is 6.07 Å². The van der Waals surface area contributed by atoms with Crippen LogP contribution in [-0.2, 0) is 24.2 Å². The fourth-order valence-corrected chi connectivity index (χ4v) is 0.814. The Morgan fingerprint density at radius 3 is 1.77 bits per heavy atom. The number of ether oxygens (including phenoxy) is 1. The van der Waals surface area contributed by atoms with Crippen molar-refractivity contribution >= 4 is 0 Å². The predicted octanol–water partition coefficient (Wildman–Crippen LogP) is 1.87. The maximum atomic E-state index is 4.98. The molecule has 1 heterocycles. The Hall–Kier alpha value is -0.237. The van der Waals surface area contributed by atoms with Gasteiger partial charge >= 0.3 is 19.5 Å². The van der Waals surface area contributed by atoms with E-state index >= 15 is 0 Å². The van der Waals surface area contributed by atoms with Crippen molar-refractivity contribution in [2.24, 2.45) is 0 Å². The molecule has 3 heteroatoms. The van der Waals surface area contributed by atoms with Crippen molar-refractivity contribution in [2.75, 3.05) is 26.3 Å². The molecule has 1 aliphatic rings. The van der Waals surface area contributed by atoms with E-state index in [1.165, 1.54) is 0 Å². The van der Waals surface area contributed by atoms with E-state index in [1.54, 1.807) is 0 Å². The van der Waals surface area contributed by atoms with E-state index in [9.17, 15) is 0 Å². The second-order valence-corrected chi connectivity index (χ2v) is 2.36. The molecule has 0 unspecified atom stereocenters. The molecule has 0 spiro atoms. The van der Waals surface area contributed by atoms with Crippen molar-refractivity contribution in [3.63, 3.8) is 0 Å². The van der Waals surface area contributed by atoms with Crippen LogP contribution in [-0.4, -0.2) is 26.3 Å². The largest absolute Gasteiger partial charge is 2.00 e. The van der Waals surface area contributed by atoms with Gasteiger partial charge in [0.05, 0.1) is 0 Å². The third-order valence-electron chi connectivity index (χ3n) is 1.39. The number of hydrogen-bond acceptors (Lipinski definition) is 1. The first-order valence-corrected chi connectivity index (χ1v) is 4.12. The van der Waals surface area contributed by atoms with Gasteiger partial charge in [-0.1, -0.05) is 0 Å². The zero-order chi connectivity index (χ0) is 8.49. The number of nitrogens with zero attached hydrogens (tertiary/aromatic N) is 1. The third kappa shape index (κ3) is 8.10. The van der Waals surface area contributed by atoms with Crippen LogP contribution in [0.1, 0.15) is 0 Å². The topological polar surface area (TPSA) is 23.3 Å². The molecular weight excluding hydrogens is 251 g/mol. The summed E-state index contributed by atoms with van der Waals surface area (Å²) in [6.07, 6.45) is 0. The van der Waals surface area contributed by atoms with Crippen molar-refractivity contribution in [1.29, 1.82) is 0 Å². The summed E-state index contributed by atoms with van der Waals surface area (Å²) in [5.74, 6) is 0. The summed E-state index contributed by atoms with van der Waals surface area (Å²) >= 11 is 0. The van der Waals surface area contributed by atoms with Gasteiger partial charge in [-0.05, 0) is 0 Å². The van der Waals surface area contributed by atoms with Gasteiger partial charge in [-0.25, -0.2) is 0 Å². The molecule has 0 aromatic heterocycles. The molecule has 0 saturated carbocycles. The second kappa shape index (κ2) is 9.85. The van der Waals surface area contributed by atoms with Gasteiger partial charge in [0.2, 0.25) is 0 Å². The summed E-state index contributed by atoms with van der Waals surface area (Å²) in [4.78, 5) is 0. The molecular formula is C10H13NORu. The Bertz CT molecular complexity index is 139. The van der Waals surface area contributed by atoms with Gasteiger partial charge in [0, 0.05) is 13.2 Å². The fourth-order valence-electron chi connectivity index (χ4n) is 0.814. The zero-order valence-electron chi connectivity index (χ0n) is 7.42. The van der Waals surface area contributed by atoms with Crippen LogP contribution in [0.25, 0.3) is 5.32 Å². The van der Waals surface area contributed by atoms with Crippen LogP contribution in [0.2, 0.25) is 0 Å². The first-order chi connectivity index (χ1) is 6.00. The molecule has 1 fully saturated rings. The molecule has 1 saturated heterocycles. The Kier molecular flexibility index (Phi) is 9.67. The van der Waals surface area contributed by atoms with E-state index < -0.39 is 0 Å². The minimum atomic E-state index is 0. The Morgan fingerprint density at radius 1 is 1.00 bits per heavy atom. The van der Waals surface area contributed by atoms with E-state index in [-0.39, 0.29) is 19.5 Å². The van der Waals surface area contributed by atoms with E-state index in [0.717, 1.165) is 26.3 Å². The van der Waals surface area contributed by atoms with Gasteiger partial charge in [-0.15, -0.1) is 13.1 Å². The van der Waals surface area contributed by atoms with Crippen LogP contribution in [0.4, 0.5) is 0 Å². The fraction of sp³-hybridized carbons (Fsp3) is 0.400. The minimum Gasteiger partial charge on any atom is -0.659 e. The molecule has 0 bridgehead atoms. The molecule has 2 nitrogen and oxygen atoms in total. The number of rotatable bonds is 0. The SMILES string of the molecule is C1COCC[N-]1.[Ru+2].[c-]1ccccc1. The molecule has 2 rings (SSSR count). The Balaban J connectivity index is 0.000000206. The molecule has 0 N–H and O–H groups in total. The number of benzene rings is 1. The van der Waals surface area contributed by atoms with Crippen molar-refractivity contribution < 1.29 is 24.2 Å². The van der Waals surface area contributed by atoms with E-state index in [0.29, 0.717) is 0 Å². The molecule has 72 valence electrons. The smallest absolute Gasteiger partial charge is 0.659 e. The van der Waals surface area contributed by atoms with Gasteiger partial charge in [-0.2, -0.15) is 36.4 Å². The van der Waals surface area contributed by atoms with Crippen LogP contribution >= 0.6 is 0 Å². The van der Waals surface area contributed by atoms with Crippen molar-refractivity contribution in [3.05, 3.63) is 41.7 Å². The van der Waals surface area contributed by atoms with E-state index in [2.05, 4.69) is 11.4 Å². The molecule has 0 atom stereocenters. The van der Waals surface area contributed by atoms with E-state index in [4.69, 9.17) is 4.74 Å². The third-order valence-corrected chi connectivity index (χ3v) is 1.39. The quantitative estimate of drug-likeness (QED) is 0.518. The Morgan fingerprint density at radius 2 is 1.62 bits per heavy atom.